The van der Waals surface area contributed by atoms with Crippen LogP contribution in [0.25, 0.3) is 10.8 Å². The van der Waals surface area contributed by atoms with Crippen LogP contribution in [0.15, 0.2) is 60.7 Å². The summed E-state index contributed by atoms with van der Waals surface area (Å²) in [5.41, 5.74) is -0.207. The van der Waals surface area contributed by atoms with E-state index in [-0.39, 0.29) is 17.0 Å². The van der Waals surface area contributed by atoms with E-state index in [0.29, 0.717) is 5.75 Å². The van der Waals surface area contributed by atoms with Gasteiger partial charge < -0.3 is 9.47 Å². The van der Waals surface area contributed by atoms with Crippen LogP contribution in [0.3, 0.4) is 0 Å². The minimum Gasteiger partial charge on any atom is -0.490 e. The predicted octanol–water partition coefficient (Wildman–Crippen LogP) is 3.98. The number of esters is 1. The summed E-state index contributed by atoms with van der Waals surface area (Å²) in [6.07, 6.45) is 0. The molecule has 0 aromatic heterocycles. The summed E-state index contributed by atoms with van der Waals surface area (Å²) in [5.74, 6) is -0.213. The lowest BCUT2D eigenvalue weighted by atomic mass is 10.1. The van der Waals surface area contributed by atoms with E-state index in [1.807, 2.05) is 30.3 Å². The number of benzene rings is 3. The van der Waals surface area contributed by atoms with Crippen molar-refractivity contribution in [2.45, 2.75) is 0 Å². The Bertz CT molecular complexity index is 936. The fourth-order valence-electron chi connectivity index (χ4n) is 2.36. The number of methoxy groups -OCH3 is 1. The molecule has 0 bridgehead atoms. The molecule has 120 valence electrons. The largest absolute Gasteiger partial charge is 0.490 e. The summed E-state index contributed by atoms with van der Waals surface area (Å²) in [5, 5.41) is 13.0. The zero-order chi connectivity index (χ0) is 17.1. The van der Waals surface area contributed by atoms with E-state index in [1.54, 1.807) is 12.1 Å². The molecule has 0 amide bonds. The monoisotopic (exact) mass is 323 g/mol. The van der Waals surface area contributed by atoms with Crippen LogP contribution in [-0.4, -0.2) is 18.0 Å². The van der Waals surface area contributed by atoms with Crippen molar-refractivity contribution in [3.63, 3.8) is 0 Å². The lowest BCUT2D eigenvalue weighted by molar-refractivity contribution is -0.385. The van der Waals surface area contributed by atoms with Crippen molar-refractivity contribution in [2.24, 2.45) is 0 Å². The molecule has 3 aromatic carbocycles. The molecule has 6 heteroatoms. The van der Waals surface area contributed by atoms with Crippen molar-refractivity contribution in [1.82, 2.24) is 0 Å². The Kier molecular flexibility index (Phi) is 4.11. The van der Waals surface area contributed by atoms with Gasteiger partial charge >= 0.3 is 11.7 Å². The molecule has 0 aliphatic heterocycles. The van der Waals surface area contributed by atoms with Gasteiger partial charge in [0.2, 0.25) is 0 Å². The molecule has 0 heterocycles. The van der Waals surface area contributed by atoms with Gasteiger partial charge in [-0.2, -0.15) is 0 Å². The number of hydrogen-bond acceptors (Lipinski definition) is 5. The van der Waals surface area contributed by atoms with Crippen LogP contribution in [0.4, 0.5) is 5.69 Å². The van der Waals surface area contributed by atoms with E-state index in [9.17, 15) is 14.9 Å². The van der Waals surface area contributed by atoms with Crippen molar-refractivity contribution < 1.29 is 19.2 Å². The van der Waals surface area contributed by atoms with E-state index < -0.39 is 10.9 Å². The first-order valence-electron chi connectivity index (χ1n) is 7.12. The zero-order valence-corrected chi connectivity index (χ0v) is 12.8. The first-order chi connectivity index (χ1) is 11.6. The maximum atomic E-state index is 12.2. The predicted molar refractivity (Wildman–Crippen MR) is 88.6 cm³/mol. The van der Waals surface area contributed by atoms with Crippen LogP contribution in [0.2, 0.25) is 0 Å². The molecule has 3 aromatic rings. The minimum atomic E-state index is -0.670. The molecule has 6 nitrogen and oxygen atoms in total. The average molecular weight is 323 g/mol. The van der Waals surface area contributed by atoms with Crippen LogP contribution in [0, 0.1) is 10.1 Å². The second kappa shape index (κ2) is 6.37. The summed E-state index contributed by atoms with van der Waals surface area (Å²) >= 11 is 0. The number of fused-ring (bicyclic) bond motifs is 1. The van der Waals surface area contributed by atoms with Crippen LogP contribution in [0.1, 0.15) is 10.4 Å². The highest BCUT2D eigenvalue weighted by Crippen LogP contribution is 2.28. The van der Waals surface area contributed by atoms with E-state index in [0.717, 1.165) is 16.8 Å². The van der Waals surface area contributed by atoms with Gasteiger partial charge in [-0.3, -0.25) is 10.1 Å². The Morgan fingerprint density at radius 1 is 1.00 bits per heavy atom. The molecule has 0 unspecified atom stereocenters. The lowest BCUT2D eigenvalue weighted by Gasteiger charge is -2.07. The first-order valence-corrected chi connectivity index (χ1v) is 7.12. The van der Waals surface area contributed by atoms with Gasteiger partial charge in [0.15, 0.2) is 5.75 Å². The molecule has 0 atom stereocenters. The van der Waals surface area contributed by atoms with Crippen molar-refractivity contribution in [2.75, 3.05) is 7.11 Å². The standard InChI is InChI=1S/C18H13NO5/c1-23-17-9-7-14(11-16(17)19(21)22)18(20)24-15-8-6-12-4-2-3-5-13(12)10-15/h2-11H,1H3. The Labute approximate surface area is 137 Å². The Morgan fingerprint density at radius 2 is 1.75 bits per heavy atom. The third-order valence-corrected chi connectivity index (χ3v) is 3.54. The minimum absolute atomic E-state index is 0.0793. The fraction of sp³-hybridized carbons (Fsp3) is 0.0556. The average Bonchev–Trinajstić information content (AvgIpc) is 2.61. The SMILES string of the molecule is COc1ccc(C(=O)Oc2ccc3ccccc3c2)cc1[N+](=O)[O-]. The molecule has 0 spiro atoms. The second-order valence-electron chi connectivity index (χ2n) is 5.04. The van der Waals surface area contributed by atoms with Gasteiger partial charge in [0, 0.05) is 6.07 Å². The van der Waals surface area contributed by atoms with Gasteiger partial charge in [0.25, 0.3) is 0 Å². The molecular weight excluding hydrogens is 310 g/mol. The highest BCUT2D eigenvalue weighted by atomic mass is 16.6. The van der Waals surface area contributed by atoms with Crippen LogP contribution < -0.4 is 9.47 Å². The van der Waals surface area contributed by atoms with Crippen molar-refractivity contribution >= 4 is 22.4 Å². The maximum Gasteiger partial charge on any atom is 0.343 e. The summed E-state index contributed by atoms with van der Waals surface area (Å²) in [6, 6.07) is 16.9. The van der Waals surface area contributed by atoms with E-state index in [4.69, 9.17) is 9.47 Å². The molecule has 3 rings (SSSR count). The fourth-order valence-corrected chi connectivity index (χ4v) is 2.36. The first kappa shape index (κ1) is 15.5. The van der Waals surface area contributed by atoms with Gasteiger partial charge in [0.1, 0.15) is 5.75 Å². The summed E-state index contributed by atoms with van der Waals surface area (Å²) < 4.78 is 10.2. The zero-order valence-electron chi connectivity index (χ0n) is 12.8. The summed E-state index contributed by atoms with van der Waals surface area (Å²) in [6.45, 7) is 0. The van der Waals surface area contributed by atoms with E-state index in [2.05, 4.69) is 0 Å². The van der Waals surface area contributed by atoms with Gasteiger partial charge in [-0.1, -0.05) is 30.3 Å². The number of ether oxygens (including phenoxy) is 2. The Hall–Kier alpha value is -3.41. The van der Waals surface area contributed by atoms with Gasteiger partial charge in [-0.25, -0.2) is 4.79 Å². The maximum absolute atomic E-state index is 12.2. The normalized spacial score (nSPS) is 10.4. The number of nitro benzene ring substituents is 1. The van der Waals surface area contributed by atoms with Gasteiger partial charge in [0.05, 0.1) is 17.6 Å². The molecule has 0 aliphatic rings. The van der Waals surface area contributed by atoms with E-state index >= 15 is 0 Å². The molecule has 0 radical (unpaired) electrons. The van der Waals surface area contributed by atoms with Crippen LogP contribution in [0.5, 0.6) is 11.5 Å². The molecule has 0 fully saturated rings. The number of carbonyl (C=O) groups is 1. The van der Waals surface area contributed by atoms with Gasteiger partial charge in [-0.15, -0.1) is 0 Å². The molecule has 0 aliphatic carbocycles. The number of nitro groups is 1. The summed E-state index contributed by atoms with van der Waals surface area (Å²) in [7, 11) is 1.33. The third-order valence-electron chi connectivity index (χ3n) is 3.54. The Morgan fingerprint density at radius 3 is 2.46 bits per heavy atom. The van der Waals surface area contributed by atoms with Crippen molar-refractivity contribution in [3.05, 3.63) is 76.3 Å². The number of rotatable bonds is 4. The number of carbonyl (C=O) groups excluding carboxylic acids is 1. The smallest absolute Gasteiger partial charge is 0.343 e. The highest BCUT2D eigenvalue weighted by Gasteiger charge is 2.19. The van der Waals surface area contributed by atoms with Crippen molar-refractivity contribution in [3.8, 4) is 11.5 Å². The Balaban J connectivity index is 1.88. The number of hydrogen-bond donors (Lipinski definition) is 0. The number of nitrogens with zero attached hydrogens (tertiary/aromatic N) is 1. The third kappa shape index (κ3) is 3.03. The topological polar surface area (TPSA) is 78.7 Å². The molecule has 0 saturated heterocycles. The molecular formula is C18H13NO5. The second-order valence-corrected chi connectivity index (χ2v) is 5.04. The molecule has 0 N–H and O–H groups in total. The highest BCUT2D eigenvalue weighted by molar-refractivity contribution is 5.93. The quantitative estimate of drug-likeness (QED) is 0.314. The van der Waals surface area contributed by atoms with Crippen molar-refractivity contribution in [1.29, 1.82) is 0 Å². The van der Waals surface area contributed by atoms with E-state index in [1.165, 1.54) is 19.2 Å². The molecule has 24 heavy (non-hydrogen) atoms. The lowest BCUT2D eigenvalue weighted by Crippen LogP contribution is -2.09. The molecule has 0 saturated carbocycles. The van der Waals surface area contributed by atoms with Crippen LogP contribution >= 0.6 is 0 Å². The summed E-state index contributed by atoms with van der Waals surface area (Å²) in [4.78, 5) is 22.7. The van der Waals surface area contributed by atoms with Crippen LogP contribution in [-0.2, 0) is 0 Å². The van der Waals surface area contributed by atoms with Gasteiger partial charge in [-0.05, 0) is 35.0 Å².